The minimum absolute atomic E-state index is 0.240. The van der Waals surface area contributed by atoms with Gasteiger partial charge in [-0.1, -0.05) is 60.5 Å². The smallest absolute Gasteiger partial charge is 0.260 e. The molecular formula is C21H22ClN3O. The number of halogens is 1. The lowest BCUT2D eigenvalue weighted by Crippen LogP contribution is -2.13. The number of carbonyl (C=O) groups excluding carboxylic acids is 1. The molecule has 3 aromatic rings. The second kappa shape index (κ2) is 7.75. The number of anilines is 1. The van der Waals surface area contributed by atoms with Crippen molar-refractivity contribution in [2.45, 2.75) is 33.7 Å². The van der Waals surface area contributed by atoms with Crippen LogP contribution in [0.25, 0.3) is 0 Å². The number of aromatic nitrogens is 2. The van der Waals surface area contributed by atoms with Gasteiger partial charge in [-0.25, -0.2) is 4.68 Å². The minimum atomic E-state index is -0.240. The molecule has 2 aromatic carbocycles. The van der Waals surface area contributed by atoms with Gasteiger partial charge in [0, 0.05) is 5.69 Å². The number of nitrogens with one attached hydrogen (secondary N) is 1. The highest BCUT2D eigenvalue weighted by molar-refractivity contribution is 6.33. The van der Waals surface area contributed by atoms with Crippen LogP contribution in [0.3, 0.4) is 0 Å². The number of rotatable bonds is 5. The second-order valence-electron chi connectivity index (χ2n) is 6.40. The van der Waals surface area contributed by atoms with E-state index in [9.17, 15) is 4.79 Å². The summed E-state index contributed by atoms with van der Waals surface area (Å²) < 4.78 is 1.67. The SMILES string of the molecule is CCc1cccc(NC(=O)c2c(C)nn(Cc3ccc(C)cc3)c2Cl)c1. The number of hydrogen-bond acceptors (Lipinski definition) is 2. The van der Waals surface area contributed by atoms with Crippen LogP contribution in [0.15, 0.2) is 48.5 Å². The summed E-state index contributed by atoms with van der Waals surface area (Å²) in [6.45, 7) is 6.45. The molecule has 26 heavy (non-hydrogen) atoms. The fraction of sp³-hybridized carbons (Fsp3) is 0.238. The molecule has 0 aliphatic carbocycles. The molecule has 4 nitrogen and oxygen atoms in total. The van der Waals surface area contributed by atoms with Gasteiger partial charge < -0.3 is 5.32 Å². The van der Waals surface area contributed by atoms with E-state index in [-0.39, 0.29) is 5.91 Å². The van der Waals surface area contributed by atoms with E-state index in [0.717, 1.165) is 17.7 Å². The van der Waals surface area contributed by atoms with E-state index in [0.29, 0.717) is 23.0 Å². The van der Waals surface area contributed by atoms with Crippen LogP contribution in [0.4, 0.5) is 5.69 Å². The molecule has 1 amide bonds. The fourth-order valence-corrected chi connectivity index (χ4v) is 3.17. The third-order valence-electron chi connectivity index (χ3n) is 4.34. The Morgan fingerprint density at radius 3 is 2.54 bits per heavy atom. The molecule has 0 radical (unpaired) electrons. The Kier molecular flexibility index (Phi) is 5.43. The van der Waals surface area contributed by atoms with E-state index in [1.807, 2.05) is 55.5 Å². The van der Waals surface area contributed by atoms with Gasteiger partial charge in [-0.2, -0.15) is 5.10 Å². The Labute approximate surface area is 158 Å². The first-order valence-corrected chi connectivity index (χ1v) is 9.04. The van der Waals surface area contributed by atoms with E-state index in [1.54, 1.807) is 11.6 Å². The highest BCUT2D eigenvalue weighted by atomic mass is 35.5. The van der Waals surface area contributed by atoms with Gasteiger partial charge in [0.05, 0.1) is 17.8 Å². The quantitative estimate of drug-likeness (QED) is 0.688. The number of amides is 1. The largest absolute Gasteiger partial charge is 0.322 e. The van der Waals surface area contributed by atoms with Gasteiger partial charge in [0.2, 0.25) is 0 Å². The standard InChI is InChI=1S/C21H22ClN3O/c1-4-16-6-5-7-18(12-16)23-21(26)19-15(3)24-25(20(19)22)13-17-10-8-14(2)9-11-17/h5-12H,4,13H2,1-3H3,(H,23,26). The molecule has 0 bridgehead atoms. The summed E-state index contributed by atoms with van der Waals surface area (Å²) >= 11 is 6.47. The molecule has 0 spiro atoms. The van der Waals surface area contributed by atoms with E-state index in [4.69, 9.17) is 11.6 Å². The Balaban J connectivity index is 1.82. The molecule has 134 valence electrons. The summed E-state index contributed by atoms with van der Waals surface area (Å²) in [4.78, 5) is 12.7. The van der Waals surface area contributed by atoms with Crippen LogP contribution in [0.1, 0.15) is 39.7 Å². The number of hydrogen-bond donors (Lipinski definition) is 1. The van der Waals surface area contributed by atoms with Crippen molar-refractivity contribution in [2.24, 2.45) is 0 Å². The van der Waals surface area contributed by atoms with E-state index in [2.05, 4.69) is 17.3 Å². The van der Waals surface area contributed by atoms with Crippen LogP contribution in [0.5, 0.6) is 0 Å². The molecule has 0 unspecified atom stereocenters. The molecule has 1 heterocycles. The van der Waals surface area contributed by atoms with Crippen LogP contribution >= 0.6 is 11.6 Å². The fourth-order valence-electron chi connectivity index (χ4n) is 2.85. The summed E-state index contributed by atoms with van der Waals surface area (Å²) in [5.74, 6) is -0.240. The molecule has 3 rings (SSSR count). The minimum Gasteiger partial charge on any atom is -0.322 e. The van der Waals surface area contributed by atoms with Gasteiger partial charge >= 0.3 is 0 Å². The van der Waals surface area contributed by atoms with Crippen molar-refractivity contribution in [3.63, 3.8) is 0 Å². The molecule has 0 saturated carbocycles. The predicted octanol–water partition coefficient (Wildman–Crippen LogP) is 5.02. The lowest BCUT2D eigenvalue weighted by atomic mass is 10.1. The van der Waals surface area contributed by atoms with Crippen LogP contribution in [-0.4, -0.2) is 15.7 Å². The number of nitrogens with zero attached hydrogens (tertiary/aromatic N) is 2. The molecule has 0 atom stereocenters. The molecule has 5 heteroatoms. The Hall–Kier alpha value is -2.59. The Morgan fingerprint density at radius 1 is 1.12 bits per heavy atom. The zero-order valence-corrected chi connectivity index (χ0v) is 16.0. The molecule has 0 aliphatic heterocycles. The maximum Gasteiger partial charge on any atom is 0.260 e. The van der Waals surface area contributed by atoms with Crippen LogP contribution in [0.2, 0.25) is 5.15 Å². The number of benzene rings is 2. The van der Waals surface area contributed by atoms with Crippen molar-refractivity contribution in [1.82, 2.24) is 9.78 Å². The van der Waals surface area contributed by atoms with Gasteiger partial charge in [-0.15, -0.1) is 0 Å². The van der Waals surface area contributed by atoms with Crippen molar-refractivity contribution in [1.29, 1.82) is 0 Å². The highest BCUT2D eigenvalue weighted by Gasteiger charge is 2.20. The van der Waals surface area contributed by atoms with Gasteiger partial charge in [-0.05, 0) is 43.5 Å². The average molecular weight is 368 g/mol. The maximum atomic E-state index is 12.7. The van der Waals surface area contributed by atoms with Crippen molar-refractivity contribution >= 4 is 23.2 Å². The van der Waals surface area contributed by atoms with Crippen molar-refractivity contribution in [2.75, 3.05) is 5.32 Å². The van der Waals surface area contributed by atoms with Crippen LogP contribution in [-0.2, 0) is 13.0 Å². The lowest BCUT2D eigenvalue weighted by molar-refractivity contribution is 0.102. The predicted molar refractivity (Wildman–Crippen MR) is 106 cm³/mol. The third kappa shape index (κ3) is 3.97. The van der Waals surface area contributed by atoms with Crippen molar-refractivity contribution in [3.05, 3.63) is 81.6 Å². The Bertz CT molecular complexity index is 929. The molecule has 1 N–H and O–H groups in total. The monoisotopic (exact) mass is 367 g/mol. The molecule has 0 fully saturated rings. The van der Waals surface area contributed by atoms with E-state index >= 15 is 0 Å². The summed E-state index contributed by atoms with van der Waals surface area (Å²) in [5.41, 5.74) is 5.25. The van der Waals surface area contributed by atoms with E-state index in [1.165, 1.54) is 11.1 Å². The average Bonchev–Trinajstić information content (AvgIpc) is 2.90. The van der Waals surface area contributed by atoms with Gasteiger partial charge in [0.25, 0.3) is 5.91 Å². The van der Waals surface area contributed by atoms with Gasteiger partial charge in [-0.3, -0.25) is 4.79 Å². The van der Waals surface area contributed by atoms with E-state index < -0.39 is 0 Å². The first-order chi connectivity index (χ1) is 12.5. The Morgan fingerprint density at radius 2 is 1.85 bits per heavy atom. The summed E-state index contributed by atoms with van der Waals surface area (Å²) in [7, 11) is 0. The first kappa shape index (κ1) is 18.2. The summed E-state index contributed by atoms with van der Waals surface area (Å²) in [6.07, 6.45) is 0.915. The highest BCUT2D eigenvalue weighted by Crippen LogP contribution is 2.23. The normalized spacial score (nSPS) is 10.8. The summed E-state index contributed by atoms with van der Waals surface area (Å²) in [6, 6.07) is 16.0. The van der Waals surface area contributed by atoms with Gasteiger partial charge in [0.15, 0.2) is 0 Å². The van der Waals surface area contributed by atoms with Crippen molar-refractivity contribution < 1.29 is 4.79 Å². The topological polar surface area (TPSA) is 46.9 Å². The maximum absolute atomic E-state index is 12.7. The molecule has 0 saturated heterocycles. The van der Waals surface area contributed by atoms with Gasteiger partial charge in [0.1, 0.15) is 5.15 Å². The third-order valence-corrected chi connectivity index (χ3v) is 4.72. The van der Waals surface area contributed by atoms with Crippen LogP contribution in [0, 0.1) is 13.8 Å². The zero-order valence-electron chi connectivity index (χ0n) is 15.2. The number of carbonyl (C=O) groups is 1. The summed E-state index contributed by atoms with van der Waals surface area (Å²) in [5, 5.41) is 7.72. The van der Waals surface area contributed by atoms with Crippen LogP contribution < -0.4 is 5.32 Å². The zero-order chi connectivity index (χ0) is 18.7. The molecular weight excluding hydrogens is 346 g/mol. The van der Waals surface area contributed by atoms with Crippen molar-refractivity contribution in [3.8, 4) is 0 Å². The lowest BCUT2D eigenvalue weighted by Gasteiger charge is -2.07. The molecule has 0 aliphatic rings. The second-order valence-corrected chi connectivity index (χ2v) is 6.76. The number of aryl methyl sites for hydroxylation is 3. The first-order valence-electron chi connectivity index (χ1n) is 8.66. The molecule has 1 aromatic heterocycles.